The predicted octanol–water partition coefficient (Wildman–Crippen LogP) is 5.38. The number of nitrogens with one attached hydrogen (secondary N) is 1. The van der Waals surface area contributed by atoms with Crippen molar-refractivity contribution >= 4 is 5.91 Å². The van der Waals surface area contributed by atoms with E-state index in [9.17, 15) is 4.79 Å². The second kappa shape index (κ2) is 9.65. The van der Waals surface area contributed by atoms with Gasteiger partial charge in [0.05, 0.1) is 11.7 Å². The minimum atomic E-state index is -0.182. The largest absolute Gasteiger partial charge is 0.491 e. The summed E-state index contributed by atoms with van der Waals surface area (Å²) in [7, 11) is 0. The van der Waals surface area contributed by atoms with Crippen LogP contribution in [0, 0.1) is 6.92 Å². The highest BCUT2D eigenvalue weighted by molar-refractivity contribution is 5.78. The van der Waals surface area contributed by atoms with Gasteiger partial charge >= 0.3 is 0 Å². The fourth-order valence-corrected chi connectivity index (χ4v) is 4.10. The summed E-state index contributed by atoms with van der Waals surface area (Å²) < 4.78 is 11.6. The van der Waals surface area contributed by atoms with Gasteiger partial charge in [-0.2, -0.15) is 0 Å². The molecule has 1 aliphatic rings. The zero-order chi connectivity index (χ0) is 21.7. The van der Waals surface area contributed by atoms with Crippen molar-refractivity contribution in [3.8, 4) is 5.75 Å². The molecule has 1 aliphatic heterocycles. The Hall–Kier alpha value is -2.33. The van der Waals surface area contributed by atoms with Gasteiger partial charge in [-0.3, -0.25) is 4.79 Å². The first-order chi connectivity index (χ1) is 14.2. The lowest BCUT2D eigenvalue weighted by molar-refractivity contribution is -0.124. The first kappa shape index (κ1) is 22.4. The van der Waals surface area contributed by atoms with Crippen LogP contribution in [0.5, 0.6) is 5.75 Å². The summed E-state index contributed by atoms with van der Waals surface area (Å²) in [5.41, 5.74) is 3.31. The quantitative estimate of drug-likeness (QED) is 0.668. The van der Waals surface area contributed by atoms with Crippen LogP contribution in [0.2, 0.25) is 0 Å². The molecule has 0 radical (unpaired) electrons. The molecule has 2 aromatic rings. The minimum absolute atomic E-state index is 0.00607. The van der Waals surface area contributed by atoms with Crippen molar-refractivity contribution in [2.45, 2.75) is 77.5 Å². The molecule has 0 aliphatic carbocycles. The van der Waals surface area contributed by atoms with Crippen LogP contribution in [0.25, 0.3) is 0 Å². The van der Waals surface area contributed by atoms with Crippen molar-refractivity contribution in [1.29, 1.82) is 0 Å². The monoisotopic (exact) mass is 409 g/mol. The molecule has 0 bridgehead atoms. The van der Waals surface area contributed by atoms with E-state index in [0.717, 1.165) is 29.7 Å². The molecular formula is C26H35NO3. The standard InChI is InChI=1S/C26H35NO3/c1-18(2)30-23-12-10-21(11-13-23)24(20-8-6-19(3)7-9-20)16-25(28)27-22-14-15-29-26(4,5)17-22/h6-13,18,22,24H,14-17H2,1-5H3,(H,27,28)/t22-,24-/m0/s1. The summed E-state index contributed by atoms with van der Waals surface area (Å²) in [5.74, 6) is 0.947. The Balaban J connectivity index is 1.76. The van der Waals surface area contributed by atoms with Gasteiger partial charge in [-0.05, 0) is 70.7 Å². The van der Waals surface area contributed by atoms with Gasteiger partial charge in [0.15, 0.2) is 0 Å². The van der Waals surface area contributed by atoms with Crippen molar-refractivity contribution in [3.05, 3.63) is 65.2 Å². The Bertz CT molecular complexity index is 824. The molecule has 1 heterocycles. The van der Waals surface area contributed by atoms with E-state index in [4.69, 9.17) is 9.47 Å². The number of carbonyl (C=O) groups is 1. The maximum absolute atomic E-state index is 13.0. The fourth-order valence-electron chi connectivity index (χ4n) is 4.10. The molecule has 30 heavy (non-hydrogen) atoms. The van der Waals surface area contributed by atoms with E-state index in [0.29, 0.717) is 13.0 Å². The fraction of sp³-hybridized carbons (Fsp3) is 0.500. The van der Waals surface area contributed by atoms with Gasteiger partial charge in [-0.15, -0.1) is 0 Å². The third-order valence-electron chi connectivity index (χ3n) is 5.59. The summed E-state index contributed by atoms with van der Waals surface area (Å²) >= 11 is 0. The van der Waals surface area contributed by atoms with Gasteiger partial charge in [0.1, 0.15) is 5.75 Å². The molecule has 1 saturated heterocycles. The molecule has 1 amide bonds. The number of ether oxygens (including phenoxy) is 2. The number of hydrogen-bond acceptors (Lipinski definition) is 3. The highest BCUT2D eigenvalue weighted by Gasteiger charge is 2.30. The predicted molar refractivity (Wildman–Crippen MR) is 121 cm³/mol. The van der Waals surface area contributed by atoms with Crippen LogP contribution < -0.4 is 10.1 Å². The zero-order valence-electron chi connectivity index (χ0n) is 18.9. The average Bonchev–Trinajstić information content (AvgIpc) is 2.66. The summed E-state index contributed by atoms with van der Waals surface area (Å²) in [5, 5.41) is 3.25. The number of amides is 1. The molecule has 4 heteroatoms. The molecule has 3 rings (SSSR count). The third kappa shape index (κ3) is 6.33. The maximum Gasteiger partial charge on any atom is 0.221 e. The Kier molecular flexibility index (Phi) is 7.19. The van der Waals surface area contributed by atoms with Gasteiger partial charge in [0.2, 0.25) is 5.91 Å². The Morgan fingerprint density at radius 3 is 2.27 bits per heavy atom. The Morgan fingerprint density at radius 2 is 1.70 bits per heavy atom. The van der Waals surface area contributed by atoms with Crippen molar-refractivity contribution in [3.63, 3.8) is 0 Å². The van der Waals surface area contributed by atoms with Crippen LogP contribution in [-0.2, 0) is 9.53 Å². The Morgan fingerprint density at radius 1 is 1.10 bits per heavy atom. The lowest BCUT2D eigenvalue weighted by Crippen LogP contribution is -2.46. The summed E-state index contributed by atoms with van der Waals surface area (Å²) in [6.45, 7) is 11.0. The van der Waals surface area contributed by atoms with E-state index < -0.39 is 0 Å². The topological polar surface area (TPSA) is 47.6 Å². The lowest BCUT2D eigenvalue weighted by atomic mass is 9.87. The first-order valence-corrected chi connectivity index (χ1v) is 11.0. The number of hydrogen-bond donors (Lipinski definition) is 1. The average molecular weight is 410 g/mol. The van der Waals surface area contributed by atoms with Gasteiger partial charge in [-0.1, -0.05) is 42.0 Å². The second-order valence-electron chi connectivity index (χ2n) is 9.27. The van der Waals surface area contributed by atoms with E-state index in [1.807, 2.05) is 26.0 Å². The first-order valence-electron chi connectivity index (χ1n) is 11.0. The molecule has 0 unspecified atom stereocenters. The number of aryl methyl sites for hydroxylation is 1. The highest BCUT2D eigenvalue weighted by atomic mass is 16.5. The van der Waals surface area contributed by atoms with Crippen LogP contribution >= 0.6 is 0 Å². The van der Waals surface area contributed by atoms with Crippen LogP contribution in [0.3, 0.4) is 0 Å². The lowest BCUT2D eigenvalue weighted by Gasteiger charge is -2.36. The normalized spacial score (nSPS) is 19.3. The van der Waals surface area contributed by atoms with Gasteiger partial charge in [0.25, 0.3) is 0 Å². The molecule has 4 nitrogen and oxygen atoms in total. The third-order valence-corrected chi connectivity index (χ3v) is 5.59. The van der Waals surface area contributed by atoms with E-state index >= 15 is 0 Å². The van der Waals surface area contributed by atoms with Crippen molar-refractivity contribution < 1.29 is 14.3 Å². The number of rotatable bonds is 7. The molecule has 162 valence electrons. The van der Waals surface area contributed by atoms with Crippen LogP contribution in [0.15, 0.2) is 48.5 Å². The van der Waals surface area contributed by atoms with Gasteiger partial charge in [0, 0.05) is 25.0 Å². The highest BCUT2D eigenvalue weighted by Crippen LogP contribution is 2.31. The summed E-state index contributed by atoms with van der Waals surface area (Å²) in [6.07, 6.45) is 2.27. The Labute approximate surface area is 181 Å². The second-order valence-corrected chi connectivity index (χ2v) is 9.27. The van der Waals surface area contributed by atoms with Crippen LogP contribution in [0.1, 0.15) is 69.6 Å². The van der Waals surface area contributed by atoms with Gasteiger partial charge in [-0.25, -0.2) is 0 Å². The van der Waals surface area contributed by atoms with Crippen molar-refractivity contribution in [1.82, 2.24) is 5.32 Å². The van der Waals surface area contributed by atoms with Gasteiger partial charge < -0.3 is 14.8 Å². The zero-order valence-corrected chi connectivity index (χ0v) is 18.9. The van der Waals surface area contributed by atoms with Crippen molar-refractivity contribution in [2.75, 3.05) is 6.61 Å². The molecule has 1 N–H and O–H groups in total. The molecule has 0 aromatic heterocycles. The van der Waals surface area contributed by atoms with Crippen molar-refractivity contribution in [2.24, 2.45) is 0 Å². The molecule has 1 fully saturated rings. The SMILES string of the molecule is Cc1ccc([C@H](CC(=O)N[C@H]2CCOC(C)(C)C2)c2ccc(OC(C)C)cc2)cc1. The molecule has 2 aromatic carbocycles. The minimum Gasteiger partial charge on any atom is -0.491 e. The number of benzene rings is 2. The molecule has 2 atom stereocenters. The van der Waals surface area contributed by atoms with E-state index in [1.165, 1.54) is 5.56 Å². The van der Waals surface area contributed by atoms with E-state index in [-0.39, 0.29) is 29.6 Å². The van der Waals surface area contributed by atoms with E-state index in [1.54, 1.807) is 0 Å². The summed E-state index contributed by atoms with van der Waals surface area (Å²) in [6, 6.07) is 16.8. The maximum atomic E-state index is 13.0. The van der Waals surface area contributed by atoms with E-state index in [2.05, 4.69) is 62.5 Å². The van der Waals surface area contributed by atoms with Crippen LogP contribution in [0.4, 0.5) is 0 Å². The molecular weight excluding hydrogens is 374 g/mol. The number of carbonyl (C=O) groups excluding carboxylic acids is 1. The molecule has 0 saturated carbocycles. The molecule has 0 spiro atoms. The smallest absolute Gasteiger partial charge is 0.221 e. The van der Waals surface area contributed by atoms with Crippen LogP contribution in [-0.4, -0.2) is 30.3 Å². The summed E-state index contributed by atoms with van der Waals surface area (Å²) in [4.78, 5) is 13.0.